The minimum atomic E-state index is -1.11. The molecule has 2 aromatic carbocycles. The van der Waals surface area contributed by atoms with Gasteiger partial charge in [0.2, 0.25) is 0 Å². The smallest absolute Gasteiger partial charge is 0.379 e. The number of aromatic nitrogens is 1. The van der Waals surface area contributed by atoms with Gasteiger partial charge in [-0.3, -0.25) is 9.59 Å². The molecule has 0 spiro atoms. The molecule has 1 heterocycles. The van der Waals surface area contributed by atoms with Crippen LogP contribution in [0.15, 0.2) is 65.6 Å². The van der Waals surface area contributed by atoms with Crippen LogP contribution in [0.2, 0.25) is 0 Å². The molecule has 0 fully saturated rings. The van der Waals surface area contributed by atoms with E-state index in [0.717, 1.165) is 5.56 Å². The summed E-state index contributed by atoms with van der Waals surface area (Å²) in [4.78, 5) is 36.2. The minimum absolute atomic E-state index is 0.0224. The van der Waals surface area contributed by atoms with E-state index in [1.54, 1.807) is 60.0 Å². The molecule has 0 aliphatic carbocycles. The van der Waals surface area contributed by atoms with Crippen LogP contribution in [-0.2, 0) is 20.9 Å². The molecule has 3 aromatic rings. The zero-order valence-corrected chi connectivity index (χ0v) is 15.7. The van der Waals surface area contributed by atoms with Gasteiger partial charge >= 0.3 is 5.97 Å². The molecule has 0 bridgehead atoms. The van der Waals surface area contributed by atoms with Crippen LogP contribution in [0.3, 0.4) is 0 Å². The molecule has 0 amide bonds. The fourth-order valence-corrected chi connectivity index (χ4v) is 2.92. The van der Waals surface area contributed by atoms with E-state index >= 15 is 0 Å². The van der Waals surface area contributed by atoms with Crippen LogP contribution in [0.5, 0.6) is 5.75 Å². The number of pyridine rings is 1. The number of phenols is 1. The van der Waals surface area contributed by atoms with Gasteiger partial charge in [-0.05, 0) is 36.8 Å². The lowest BCUT2D eigenvalue weighted by Gasteiger charge is -2.13. The molecule has 29 heavy (non-hydrogen) atoms. The van der Waals surface area contributed by atoms with Crippen LogP contribution in [-0.4, -0.2) is 33.1 Å². The maximum atomic E-state index is 12.8. The van der Waals surface area contributed by atoms with Crippen molar-refractivity contribution in [2.24, 2.45) is 0 Å². The van der Waals surface area contributed by atoms with Crippen LogP contribution in [0.1, 0.15) is 18.1 Å². The topological polar surface area (TPSA) is 106 Å². The number of para-hydroxylation sites is 1. The summed E-state index contributed by atoms with van der Waals surface area (Å²) >= 11 is 0. The van der Waals surface area contributed by atoms with Gasteiger partial charge in [0.1, 0.15) is 11.5 Å². The van der Waals surface area contributed by atoms with E-state index in [1.807, 2.05) is 0 Å². The number of carbonyl (C=O) groups excluding carboxylic acids is 2. The zero-order chi connectivity index (χ0) is 21.0. The Bertz CT molecular complexity index is 1160. The van der Waals surface area contributed by atoms with Gasteiger partial charge in [-0.25, -0.2) is 4.79 Å². The van der Waals surface area contributed by atoms with Crippen molar-refractivity contribution < 1.29 is 24.5 Å². The predicted octanol–water partition coefficient (Wildman–Crippen LogP) is 2.79. The number of esters is 1. The lowest BCUT2D eigenvalue weighted by molar-refractivity contribution is -0.151. The highest BCUT2D eigenvalue weighted by atomic mass is 16.5. The highest BCUT2D eigenvalue weighted by molar-refractivity contribution is 6.39. The van der Waals surface area contributed by atoms with Crippen LogP contribution < -0.4 is 5.43 Å². The second kappa shape index (κ2) is 8.43. The minimum Gasteiger partial charge on any atom is -0.508 e. The van der Waals surface area contributed by atoms with Crippen molar-refractivity contribution in [3.05, 3.63) is 82.2 Å². The van der Waals surface area contributed by atoms with Gasteiger partial charge in [0, 0.05) is 24.2 Å². The summed E-state index contributed by atoms with van der Waals surface area (Å²) in [5, 5.41) is 20.2. The summed E-state index contributed by atoms with van der Waals surface area (Å²) < 4.78 is 6.35. The van der Waals surface area contributed by atoms with E-state index < -0.39 is 22.9 Å². The number of hydrogen-bond acceptors (Lipinski definition) is 6. The summed E-state index contributed by atoms with van der Waals surface area (Å²) in [6.07, 6.45) is 2.12. The lowest BCUT2D eigenvalue weighted by Crippen LogP contribution is -2.18. The highest BCUT2D eigenvalue weighted by Crippen LogP contribution is 2.18. The third kappa shape index (κ3) is 4.35. The average molecular weight is 393 g/mol. The SMILES string of the molecule is CCOC(=O)C(=O)/C=C(\O)c1cn(Cc2ccc(O)cc2)c2ccccc2c1=O. The zero-order valence-electron chi connectivity index (χ0n) is 15.7. The number of phenolic OH excluding ortho intramolecular Hbond substituents is 1. The average Bonchev–Trinajstić information content (AvgIpc) is 2.71. The Balaban J connectivity index is 2.09. The van der Waals surface area contributed by atoms with Gasteiger partial charge in [0.25, 0.3) is 5.78 Å². The van der Waals surface area contributed by atoms with E-state index in [2.05, 4.69) is 4.74 Å². The van der Waals surface area contributed by atoms with Crippen molar-refractivity contribution in [2.45, 2.75) is 13.5 Å². The van der Waals surface area contributed by atoms with Crippen LogP contribution in [0.25, 0.3) is 16.7 Å². The number of ketones is 1. The molecule has 0 unspecified atom stereocenters. The molecule has 0 aliphatic heterocycles. The molecule has 148 valence electrons. The van der Waals surface area contributed by atoms with Gasteiger partial charge in [-0.2, -0.15) is 0 Å². The molecule has 0 atom stereocenters. The van der Waals surface area contributed by atoms with Crippen molar-refractivity contribution >= 4 is 28.4 Å². The maximum Gasteiger partial charge on any atom is 0.379 e. The van der Waals surface area contributed by atoms with E-state index in [1.165, 1.54) is 6.20 Å². The molecular weight excluding hydrogens is 374 g/mol. The summed E-state index contributed by atoms with van der Waals surface area (Å²) in [6.45, 7) is 1.93. The number of aromatic hydroxyl groups is 1. The van der Waals surface area contributed by atoms with Crippen molar-refractivity contribution in [2.75, 3.05) is 6.61 Å². The summed E-state index contributed by atoms with van der Waals surface area (Å²) in [6, 6.07) is 13.5. The first-order chi connectivity index (χ1) is 13.9. The fourth-order valence-electron chi connectivity index (χ4n) is 2.92. The monoisotopic (exact) mass is 393 g/mol. The number of ether oxygens (including phenoxy) is 1. The highest BCUT2D eigenvalue weighted by Gasteiger charge is 2.17. The van der Waals surface area contributed by atoms with Crippen LogP contribution in [0, 0.1) is 0 Å². The number of benzene rings is 2. The summed E-state index contributed by atoms with van der Waals surface area (Å²) in [5.41, 5.74) is 0.917. The number of fused-ring (bicyclic) bond motifs is 1. The molecule has 7 heteroatoms. The Morgan fingerprint density at radius 2 is 1.79 bits per heavy atom. The van der Waals surface area contributed by atoms with Crippen LogP contribution >= 0.6 is 0 Å². The van der Waals surface area contributed by atoms with E-state index in [4.69, 9.17) is 0 Å². The molecule has 0 saturated heterocycles. The molecular formula is C22H19NO6. The molecule has 0 saturated carbocycles. The molecule has 2 N–H and O–H groups in total. The number of nitrogens with zero attached hydrogens (tertiary/aromatic N) is 1. The number of aliphatic hydroxyl groups excluding tert-OH is 1. The second-order valence-electron chi connectivity index (χ2n) is 6.30. The Hall–Kier alpha value is -3.87. The Labute approximate surface area is 166 Å². The number of hydrogen-bond donors (Lipinski definition) is 2. The third-order valence-electron chi connectivity index (χ3n) is 4.30. The maximum absolute atomic E-state index is 12.8. The first-order valence-corrected chi connectivity index (χ1v) is 8.93. The van der Waals surface area contributed by atoms with Crippen LogP contribution in [0.4, 0.5) is 0 Å². The van der Waals surface area contributed by atoms with Crippen molar-refractivity contribution in [3.8, 4) is 5.75 Å². The predicted molar refractivity (Wildman–Crippen MR) is 108 cm³/mol. The third-order valence-corrected chi connectivity index (χ3v) is 4.30. The van der Waals surface area contributed by atoms with Gasteiger partial charge in [-0.1, -0.05) is 24.3 Å². The van der Waals surface area contributed by atoms with Gasteiger partial charge in [0.15, 0.2) is 5.43 Å². The quantitative estimate of drug-likeness (QED) is 0.289. The molecule has 7 nitrogen and oxygen atoms in total. The molecule has 1 aromatic heterocycles. The number of rotatable bonds is 6. The molecule has 0 aliphatic rings. The summed E-state index contributed by atoms with van der Waals surface area (Å²) in [7, 11) is 0. The van der Waals surface area contributed by atoms with E-state index in [-0.39, 0.29) is 17.9 Å². The van der Waals surface area contributed by atoms with Gasteiger partial charge in [0.05, 0.1) is 17.7 Å². The van der Waals surface area contributed by atoms with Gasteiger partial charge < -0.3 is 19.5 Å². The first kappa shape index (κ1) is 19.9. The number of carbonyl (C=O) groups is 2. The van der Waals surface area contributed by atoms with Crippen molar-refractivity contribution in [1.82, 2.24) is 4.57 Å². The second-order valence-corrected chi connectivity index (χ2v) is 6.30. The van der Waals surface area contributed by atoms with Crippen molar-refractivity contribution in [1.29, 1.82) is 0 Å². The standard InChI is InChI=1S/C22H19NO6/c1-2-29-22(28)20(26)11-19(25)17-13-23(12-14-7-9-15(24)10-8-14)18-6-4-3-5-16(18)21(17)27/h3-11,13,24-25H,2,12H2,1H3/b19-11-. The first-order valence-electron chi connectivity index (χ1n) is 8.93. The van der Waals surface area contributed by atoms with Crippen molar-refractivity contribution in [3.63, 3.8) is 0 Å². The van der Waals surface area contributed by atoms with E-state index in [9.17, 15) is 24.6 Å². The largest absolute Gasteiger partial charge is 0.508 e. The molecule has 3 rings (SSSR count). The summed E-state index contributed by atoms with van der Waals surface area (Å²) in [5.74, 6) is -2.64. The lowest BCUT2D eigenvalue weighted by atomic mass is 10.1. The number of aliphatic hydroxyl groups is 1. The van der Waals surface area contributed by atoms with Gasteiger partial charge in [-0.15, -0.1) is 0 Å². The fraction of sp³-hybridized carbons (Fsp3) is 0.136. The van der Waals surface area contributed by atoms with E-state index in [0.29, 0.717) is 23.5 Å². The normalized spacial score (nSPS) is 11.4. The Kier molecular flexibility index (Phi) is 5.78. The molecule has 0 radical (unpaired) electrons. The Morgan fingerprint density at radius 1 is 1.10 bits per heavy atom. The Morgan fingerprint density at radius 3 is 2.48 bits per heavy atom.